The highest BCUT2D eigenvalue weighted by atomic mass is 16.5. The van der Waals surface area contributed by atoms with E-state index in [0.29, 0.717) is 13.0 Å². The lowest BCUT2D eigenvalue weighted by atomic mass is 9.89. The van der Waals surface area contributed by atoms with Gasteiger partial charge in [0.05, 0.1) is 6.10 Å². The van der Waals surface area contributed by atoms with E-state index in [4.69, 9.17) is 4.74 Å². The zero-order valence-electron chi connectivity index (χ0n) is 11.3. The lowest BCUT2D eigenvalue weighted by Gasteiger charge is -2.48. The Kier molecular flexibility index (Phi) is 4.38. The summed E-state index contributed by atoms with van der Waals surface area (Å²) in [6, 6.07) is 10.3. The zero-order valence-corrected chi connectivity index (χ0v) is 11.3. The van der Waals surface area contributed by atoms with Gasteiger partial charge in [-0.05, 0) is 25.5 Å². The second kappa shape index (κ2) is 5.83. The summed E-state index contributed by atoms with van der Waals surface area (Å²) in [6.45, 7) is 6.63. The molecule has 1 N–H and O–H groups in total. The normalized spacial score (nSPS) is 29.4. The van der Waals surface area contributed by atoms with Gasteiger partial charge in [-0.3, -0.25) is 4.90 Å². The number of benzene rings is 1. The van der Waals surface area contributed by atoms with E-state index in [1.165, 1.54) is 0 Å². The van der Waals surface area contributed by atoms with Crippen molar-refractivity contribution in [1.82, 2.24) is 4.90 Å². The van der Waals surface area contributed by atoms with Crippen LogP contribution in [0, 0.1) is 0 Å². The molecule has 3 nitrogen and oxygen atoms in total. The molecule has 1 saturated heterocycles. The smallest absolute Gasteiger partial charge is 0.150 e. The molecule has 0 bridgehead atoms. The molecule has 0 aliphatic carbocycles. The number of likely N-dealkylation sites (tertiary alicyclic amines) is 1. The number of aliphatic hydroxyl groups excluding tert-OH is 1. The maximum Gasteiger partial charge on any atom is 0.150 e. The van der Waals surface area contributed by atoms with Gasteiger partial charge in [-0.2, -0.15) is 0 Å². The number of hydrogen-bond acceptors (Lipinski definition) is 3. The van der Waals surface area contributed by atoms with Gasteiger partial charge in [0, 0.05) is 19.6 Å². The summed E-state index contributed by atoms with van der Waals surface area (Å²) in [5.41, 5.74) is 0.690. The van der Waals surface area contributed by atoms with Crippen LogP contribution in [0.3, 0.4) is 0 Å². The first kappa shape index (κ1) is 13.5. The Morgan fingerprint density at radius 1 is 1.33 bits per heavy atom. The largest absolute Gasteiger partial charge is 0.393 e. The molecule has 0 saturated carbocycles. The van der Waals surface area contributed by atoms with Gasteiger partial charge in [-0.25, -0.2) is 0 Å². The van der Waals surface area contributed by atoms with E-state index in [9.17, 15) is 5.11 Å². The van der Waals surface area contributed by atoms with Gasteiger partial charge in [0.1, 0.15) is 5.72 Å². The molecule has 1 fully saturated rings. The molecule has 0 spiro atoms. The first-order valence-corrected chi connectivity index (χ1v) is 6.85. The SMILES string of the molecule is CCOC1(c2ccccc2)CC(O)CCN1CC. The van der Waals surface area contributed by atoms with Gasteiger partial charge in [-0.1, -0.05) is 37.3 Å². The maximum absolute atomic E-state index is 10.0. The highest BCUT2D eigenvalue weighted by molar-refractivity contribution is 5.23. The Morgan fingerprint density at radius 2 is 2.06 bits per heavy atom. The maximum atomic E-state index is 10.0. The van der Waals surface area contributed by atoms with Crippen LogP contribution < -0.4 is 0 Å². The average molecular weight is 249 g/mol. The van der Waals surface area contributed by atoms with Crippen molar-refractivity contribution in [2.45, 2.75) is 38.5 Å². The van der Waals surface area contributed by atoms with Crippen molar-refractivity contribution in [2.75, 3.05) is 19.7 Å². The monoisotopic (exact) mass is 249 g/mol. The molecule has 0 amide bonds. The lowest BCUT2D eigenvalue weighted by Crippen LogP contribution is -2.54. The molecule has 0 radical (unpaired) electrons. The minimum Gasteiger partial charge on any atom is -0.393 e. The van der Waals surface area contributed by atoms with Crippen molar-refractivity contribution < 1.29 is 9.84 Å². The summed E-state index contributed by atoms with van der Waals surface area (Å²) in [4.78, 5) is 2.33. The molecule has 1 aromatic rings. The molecule has 0 aromatic heterocycles. The first-order chi connectivity index (χ1) is 8.73. The quantitative estimate of drug-likeness (QED) is 0.889. The third-order valence-corrected chi connectivity index (χ3v) is 3.75. The van der Waals surface area contributed by atoms with E-state index in [1.807, 2.05) is 25.1 Å². The van der Waals surface area contributed by atoms with Gasteiger partial charge in [0.2, 0.25) is 0 Å². The van der Waals surface area contributed by atoms with Crippen molar-refractivity contribution in [2.24, 2.45) is 0 Å². The Hall–Kier alpha value is -0.900. The topological polar surface area (TPSA) is 32.7 Å². The summed E-state index contributed by atoms with van der Waals surface area (Å²) >= 11 is 0. The number of ether oxygens (including phenoxy) is 1. The molecule has 2 atom stereocenters. The van der Waals surface area contributed by atoms with Crippen LogP contribution in [0.4, 0.5) is 0 Å². The second-order valence-electron chi connectivity index (χ2n) is 4.81. The lowest BCUT2D eigenvalue weighted by molar-refractivity contribution is -0.200. The molecule has 1 aromatic carbocycles. The van der Waals surface area contributed by atoms with Gasteiger partial charge in [0.25, 0.3) is 0 Å². The van der Waals surface area contributed by atoms with Crippen LogP contribution in [0.5, 0.6) is 0 Å². The van der Waals surface area contributed by atoms with Crippen molar-refractivity contribution in [3.63, 3.8) is 0 Å². The Bertz CT molecular complexity index is 368. The van der Waals surface area contributed by atoms with E-state index < -0.39 is 5.72 Å². The Labute approximate surface area is 109 Å². The first-order valence-electron chi connectivity index (χ1n) is 6.85. The van der Waals surface area contributed by atoms with Crippen molar-refractivity contribution >= 4 is 0 Å². The number of hydrogen-bond donors (Lipinski definition) is 1. The molecule has 1 aliphatic heterocycles. The minimum absolute atomic E-state index is 0.278. The molecule has 2 rings (SSSR count). The molecular formula is C15H23NO2. The van der Waals surface area contributed by atoms with E-state index in [-0.39, 0.29) is 6.10 Å². The number of rotatable bonds is 4. The van der Waals surface area contributed by atoms with E-state index in [2.05, 4.69) is 24.0 Å². The third kappa shape index (κ3) is 2.44. The molecule has 1 aliphatic rings. The van der Waals surface area contributed by atoms with Gasteiger partial charge < -0.3 is 9.84 Å². The van der Waals surface area contributed by atoms with Crippen LogP contribution in [0.25, 0.3) is 0 Å². The van der Waals surface area contributed by atoms with E-state index in [0.717, 1.165) is 25.1 Å². The molecule has 100 valence electrons. The molecular weight excluding hydrogens is 226 g/mol. The van der Waals surface area contributed by atoms with Crippen LogP contribution in [0.2, 0.25) is 0 Å². The standard InChI is InChI=1S/C15H23NO2/c1-3-16-11-10-14(17)12-15(16,18-4-2)13-8-6-5-7-9-13/h5-9,14,17H,3-4,10-12H2,1-2H3. The fourth-order valence-electron chi connectivity index (χ4n) is 2.92. The minimum atomic E-state index is -0.456. The summed E-state index contributed by atoms with van der Waals surface area (Å²) in [6.07, 6.45) is 1.20. The molecule has 3 heteroatoms. The van der Waals surface area contributed by atoms with Crippen LogP contribution in [-0.2, 0) is 10.5 Å². The predicted octanol–water partition coefficient (Wildman–Crippen LogP) is 2.35. The summed E-state index contributed by atoms with van der Waals surface area (Å²) in [5.74, 6) is 0. The molecule has 1 heterocycles. The predicted molar refractivity (Wildman–Crippen MR) is 72.2 cm³/mol. The van der Waals surface area contributed by atoms with Crippen LogP contribution >= 0.6 is 0 Å². The number of aliphatic hydroxyl groups is 1. The van der Waals surface area contributed by atoms with Crippen molar-refractivity contribution in [1.29, 1.82) is 0 Å². The average Bonchev–Trinajstić information content (AvgIpc) is 2.40. The summed E-state index contributed by atoms with van der Waals surface area (Å²) in [7, 11) is 0. The fourth-order valence-corrected chi connectivity index (χ4v) is 2.92. The van der Waals surface area contributed by atoms with Gasteiger partial charge in [-0.15, -0.1) is 0 Å². The highest BCUT2D eigenvalue weighted by Gasteiger charge is 2.43. The van der Waals surface area contributed by atoms with Crippen molar-refractivity contribution in [3.8, 4) is 0 Å². The second-order valence-corrected chi connectivity index (χ2v) is 4.81. The number of nitrogens with zero attached hydrogens (tertiary/aromatic N) is 1. The summed E-state index contributed by atoms with van der Waals surface area (Å²) in [5, 5.41) is 10.0. The zero-order chi connectivity index (χ0) is 13.0. The third-order valence-electron chi connectivity index (χ3n) is 3.75. The van der Waals surface area contributed by atoms with Gasteiger partial charge in [0.15, 0.2) is 0 Å². The Morgan fingerprint density at radius 3 is 2.67 bits per heavy atom. The van der Waals surface area contributed by atoms with Gasteiger partial charge >= 0.3 is 0 Å². The van der Waals surface area contributed by atoms with Crippen molar-refractivity contribution in [3.05, 3.63) is 35.9 Å². The Balaban J connectivity index is 2.39. The van der Waals surface area contributed by atoms with E-state index >= 15 is 0 Å². The highest BCUT2D eigenvalue weighted by Crippen LogP contribution is 2.38. The van der Waals surface area contributed by atoms with Crippen LogP contribution in [-0.4, -0.2) is 35.8 Å². The number of piperidine rings is 1. The van der Waals surface area contributed by atoms with E-state index in [1.54, 1.807) is 0 Å². The fraction of sp³-hybridized carbons (Fsp3) is 0.600. The molecule has 18 heavy (non-hydrogen) atoms. The summed E-state index contributed by atoms with van der Waals surface area (Å²) < 4.78 is 6.10. The van der Waals surface area contributed by atoms with Crippen LogP contribution in [0.1, 0.15) is 32.3 Å². The van der Waals surface area contributed by atoms with Crippen LogP contribution in [0.15, 0.2) is 30.3 Å². The molecule has 2 unspecified atom stereocenters.